The van der Waals surface area contributed by atoms with Gasteiger partial charge in [0.05, 0.1) is 6.04 Å². The van der Waals surface area contributed by atoms with E-state index in [0.29, 0.717) is 18.8 Å². The molecule has 0 radical (unpaired) electrons. The molecule has 0 bridgehead atoms. The van der Waals surface area contributed by atoms with Gasteiger partial charge >= 0.3 is 0 Å². The molecule has 1 aromatic heterocycles. The Labute approximate surface area is 164 Å². The number of amides is 2. The van der Waals surface area contributed by atoms with Gasteiger partial charge in [-0.05, 0) is 36.8 Å². The predicted octanol–water partition coefficient (Wildman–Crippen LogP) is 2.61. The van der Waals surface area contributed by atoms with Crippen LogP contribution in [0.4, 0.5) is 0 Å². The smallest absolute Gasteiger partial charge is 0.275 e. The van der Waals surface area contributed by atoms with E-state index in [0.717, 1.165) is 42.5 Å². The molecule has 1 unspecified atom stereocenters. The number of aryl methyl sites for hydroxylation is 1. The lowest BCUT2D eigenvalue weighted by atomic mass is 9.75. The summed E-state index contributed by atoms with van der Waals surface area (Å²) in [6, 6.07) is 8.26. The highest BCUT2D eigenvalue weighted by Crippen LogP contribution is 2.41. The second kappa shape index (κ2) is 6.19. The fourth-order valence-corrected chi connectivity index (χ4v) is 5.14. The van der Waals surface area contributed by atoms with E-state index in [1.807, 2.05) is 11.0 Å². The molecule has 6 nitrogen and oxygen atoms in total. The molecular weight excluding hydrogens is 352 g/mol. The number of rotatable bonds is 1. The maximum atomic E-state index is 13.3. The SMILES string of the molecule is CC1(C)CN2C(=O)CN(C(=O)c3n[nH]c4c3CCCC4)CC2c2ccccc21. The van der Waals surface area contributed by atoms with Gasteiger partial charge in [0.15, 0.2) is 5.69 Å². The third-order valence-corrected chi connectivity index (χ3v) is 6.58. The van der Waals surface area contributed by atoms with Gasteiger partial charge in [0.2, 0.25) is 5.91 Å². The van der Waals surface area contributed by atoms with Crippen LogP contribution in [-0.4, -0.2) is 51.4 Å². The van der Waals surface area contributed by atoms with Crippen LogP contribution in [0.2, 0.25) is 0 Å². The van der Waals surface area contributed by atoms with Gasteiger partial charge in [-0.2, -0.15) is 5.10 Å². The van der Waals surface area contributed by atoms with Gasteiger partial charge in [0, 0.05) is 29.8 Å². The standard InChI is InChI=1S/C22H26N4O2/c1-22(2)13-26-18(14-7-3-5-9-16(14)22)11-25(12-19(26)27)21(28)20-15-8-4-6-10-17(15)23-24-20/h3,5,7,9,18H,4,6,8,10-13H2,1-2H3,(H,23,24). The van der Waals surface area contributed by atoms with Crippen molar-refractivity contribution < 1.29 is 9.59 Å². The van der Waals surface area contributed by atoms with E-state index >= 15 is 0 Å². The molecule has 2 amide bonds. The van der Waals surface area contributed by atoms with Gasteiger partial charge in [-0.1, -0.05) is 38.1 Å². The molecule has 3 aliphatic rings. The highest BCUT2D eigenvalue weighted by Gasteiger charge is 2.44. The number of H-pyrrole nitrogens is 1. The molecule has 1 saturated heterocycles. The number of nitrogens with one attached hydrogen (secondary N) is 1. The molecule has 5 rings (SSSR count). The predicted molar refractivity (Wildman–Crippen MR) is 105 cm³/mol. The lowest BCUT2D eigenvalue weighted by Crippen LogP contribution is -2.58. The van der Waals surface area contributed by atoms with Crippen molar-refractivity contribution in [1.82, 2.24) is 20.0 Å². The molecule has 28 heavy (non-hydrogen) atoms. The first kappa shape index (κ1) is 17.5. The van der Waals surface area contributed by atoms with Crippen LogP contribution >= 0.6 is 0 Å². The summed E-state index contributed by atoms with van der Waals surface area (Å²) in [5, 5.41) is 7.38. The first-order valence-electron chi connectivity index (χ1n) is 10.2. The summed E-state index contributed by atoms with van der Waals surface area (Å²) in [4.78, 5) is 29.9. The van der Waals surface area contributed by atoms with Crippen LogP contribution in [0.25, 0.3) is 0 Å². The van der Waals surface area contributed by atoms with E-state index in [1.165, 1.54) is 5.56 Å². The van der Waals surface area contributed by atoms with E-state index < -0.39 is 0 Å². The average molecular weight is 378 g/mol. The number of benzene rings is 1. The Kier molecular flexibility index (Phi) is 3.86. The highest BCUT2D eigenvalue weighted by atomic mass is 16.2. The largest absolute Gasteiger partial charge is 0.331 e. The molecule has 2 aliphatic heterocycles. The third kappa shape index (κ3) is 2.58. The minimum Gasteiger partial charge on any atom is -0.331 e. The number of aromatic nitrogens is 2. The van der Waals surface area contributed by atoms with Crippen LogP contribution in [0, 0.1) is 0 Å². The Morgan fingerprint density at radius 2 is 2.00 bits per heavy atom. The maximum absolute atomic E-state index is 13.3. The van der Waals surface area contributed by atoms with Crippen molar-refractivity contribution in [2.45, 2.75) is 51.0 Å². The number of carbonyl (C=O) groups is 2. The number of hydrogen-bond donors (Lipinski definition) is 1. The number of hydrogen-bond acceptors (Lipinski definition) is 3. The Morgan fingerprint density at radius 1 is 1.21 bits per heavy atom. The molecule has 1 fully saturated rings. The van der Waals surface area contributed by atoms with E-state index in [-0.39, 0.29) is 29.8 Å². The molecular formula is C22H26N4O2. The van der Waals surface area contributed by atoms with Crippen molar-refractivity contribution in [3.05, 3.63) is 52.3 Å². The molecule has 2 aromatic rings. The highest BCUT2D eigenvalue weighted by molar-refractivity contribution is 5.97. The zero-order valence-corrected chi connectivity index (χ0v) is 16.5. The van der Waals surface area contributed by atoms with Crippen LogP contribution in [0.3, 0.4) is 0 Å². The van der Waals surface area contributed by atoms with Gasteiger partial charge in [-0.15, -0.1) is 0 Å². The van der Waals surface area contributed by atoms with E-state index in [9.17, 15) is 9.59 Å². The second-order valence-corrected chi connectivity index (χ2v) is 8.93. The van der Waals surface area contributed by atoms with Gasteiger partial charge < -0.3 is 9.80 Å². The molecule has 0 spiro atoms. The van der Waals surface area contributed by atoms with E-state index in [1.54, 1.807) is 4.90 Å². The van der Waals surface area contributed by atoms with Gasteiger partial charge in [-0.25, -0.2) is 0 Å². The summed E-state index contributed by atoms with van der Waals surface area (Å²) < 4.78 is 0. The van der Waals surface area contributed by atoms with Crippen molar-refractivity contribution in [3.8, 4) is 0 Å². The Hall–Kier alpha value is -2.63. The van der Waals surface area contributed by atoms with Crippen molar-refractivity contribution in [2.75, 3.05) is 19.6 Å². The topological polar surface area (TPSA) is 69.3 Å². The first-order valence-corrected chi connectivity index (χ1v) is 10.2. The average Bonchev–Trinajstić information content (AvgIpc) is 3.12. The zero-order chi connectivity index (χ0) is 19.5. The van der Waals surface area contributed by atoms with E-state index in [4.69, 9.17) is 0 Å². The molecule has 3 heterocycles. The molecule has 1 N–H and O–H groups in total. The molecule has 1 aliphatic carbocycles. The van der Waals surface area contributed by atoms with Crippen molar-refractivity contribution in [3.63, 3.8) is 0 Å². The quantitative estimate of drug-likeness (QED) is 0.829. The molecule has 1 aromatic carbocycles. The van der Waals surface area contributed by atoms with Crippen LogP contribution in [0.15, 0.2) is 24.3 Å². The van der Waals surface area contributed by atoms with Crippen LogP contribution in [0.1, 0.15) is 65.6 Å². The number of fused-ring (bicyclic) bond motifs is 4. The number of carbonyl (C=O) groups excluding carboxylic acids is 2. The Morgan fingerprint density at radius 3 is 2.86 bits per heavy atom. The fraction of sp³-hybridized carbons (Fsp3) is 0.500. The minimum absolute atomic E-state index is 0.0246. The monoisotopic (exact) mass is 378 g/mol. The molecule has 6 heteroatoms. The fourth-order valence-electron chi connectivity index (χ4n) is 5.14. The zero-order valence-electron chi connectivity index (χ0n) is 16.5. The van der Waals surface area contributed by atoms with Gasteiger partial charge in [0.1, 0.15) is 6.54 Å². The van der Waals surface area contributed by atoms with Crippen molar-refractivity contribution >= 4 is 11.8 Å². The number of nitrogens with zero attached hydrogens (tertiary/aromatic N) is 3. The lowest BCUT2D eigenvalue weighted by Gasteiger charge is -2.49. The second-order valence-electron chi connectivity index (χ2n) is 8.93. The summed E-state index contributed by atoms with van der Waals surface area (Å²) in [5.41, 5.74) is 5.00. The Balaban J connectivity index is 1.48. The van der Waals surface area contributed by atoms with E-state index in [2.05, 4.69) is 42.2 Å². The number of aromatic amines is 1. The summed E-state index contributed by atoms with van der Waals surface area (Å²) in [5.74, 6) is -0.0914. The van der Waals surface area contributed by atoms with Crippen LogP contribution in [0.5, 0.6) is 0 Å². The molecule has 146 valence electrons. The lowest BCUT2D eigenvalue weighted by molar-refractivity contribution is -0.140. The number of piperazine rings is 1. The summed E-state index contributed by atoms with van der Waals surface area (Å²) in [7, 11) is 0. The summed E-state index contributed by atoms with van der Waals surface area (Å²) in [6.45, 7) is 5.72. The summed E-state index contributed by atoms with van der Waals surface area (Å²) in [6.07, 6.45) is 4.06. The van der Waals surface area contributed by atoms with Gasteiger partial charge in [0.25, 0.3) is 5.91 Å². The molecule has 0 saturated carbocycles. The summed E-state index contributed by atoms with van der Waals surface area (Å²) >= 11 is 0. The normalized spacial score (nSPS) is 23.1. The van der Waals surface area contributed by atoms with Crippen LogP contribution in [-0.2, 0) is 23.1 Å². The maximum Gasteiger partial charge on any atom is 0.275 e. The third-order valence-electron chi connectivity index (χ3n) is 6.58. The van der Waals surface area contributed by atoms with Crippen LogP contribution < -0.4 is 0 Å². The minimum atomic E-state index is -0.116. The van der Waals surface area contributed by atoms with Crippen molar-refractivity contribution in [2.24, 2.45) is 0 Å². The Bertz CT molecular complexity index is 961. The van der Waals surface area contributed by atoms with Crippen molar-refractivity contribution in [1.29, 1.82) is 0 Å². The van der Waals surface area contributed by atoms with Gasteiger partial charge in [-0.3, -0.25) is 14.7 Å². The first-order chi connectivity index (χ1) is 13.5. The molecule has 1 atom stereocenters.